The van der Waals surface area contributed by atoms with Crippen molar-refractivity contribution in [1.29, 1.82) is 0 Å². The predicted molar refractivity (Wildman–Crippen MR) is 110 cm³/mol. The number of para-hydroxylation sites is 1. The summed E-state index contributed by atoms with van der Waals surface area (Å²) in [6.07, 6.45) is 4.11. The van der Waals surface area contributed by atoms with Crippen LogP contribution in [0.5, 0.6) is 5.75 Å². The second-order valence-corrected chi connectivity index (χ2v) is 6.38. The molecule has 0 fully saturated rings. The van der Waals surface area contributed by atoms with Gasteiger partial charge >= 0.3 is 0 Å². The Hall–Kier alpha value is -3.48. The van der Waals surface area contributed by atoms with Gasteiger partial charge in [0.2, 0.25) is 5.95 Å². The van der Waals surface area contributed by atoms with E-state index in [4.69, 9.17) is 4.74 Å². The van der Waals surface area contributed by atoms with Crippen LogP contribution >= 0.6 is 0 Å². The number of ether oxygens (including phenoxy) is 1. The van der Waals surface area contributed by atoms with E-state index in [9.17, 15) is 9.18 Å². The number of aromatic nitrogens is 2. The van der Waals surface area contributed by atoms with Gasteiger partial charge in [-0.1, -0.05) is 36.4 Å². The van der Waals surface area contributed by atoms with Crippen molar-refractivity contribution < 1.29 is 13.9 Å². The fourth-order valence-electron chi connectivity index (χ4n) is 2.87. The average Bonchev–Trinajstić information content (AvgIpc) is 2.76. The van der Waals surface area contributed by atoms with E-state index in [0.29, 0.717) is 43.0 Å². The first-order chi connectivity index (χ1) is 14.2. The predicted octanol–water partition coefficient (Wildman–Crippen LogP) is 3.25. The zero-order chi connectivity index (χ0) is 20.5. The van der Waals surface area contributed by atoms with E-state index >= 15 is 0 Å². The first-order valence-corrected chi connectivity index (χ1v) is 9.37. The zero-order valence-corrected chi connectivity index (χ0v) is 16.2. The van der Waals surface area contributed by atoms with Crippen LogP contribution in [0.15, 0.2) is 60.9 Å². The number of anilines is 1. The molecular formula is C22H23FN4O2. The van der Waals surface area contributed by atoms with Gasteiger partial charge in [0, 0.05) is 25.5 Å². The van der Waals surface area contributed by atoms with Gasteiger partial charge in [-0.05, 0) is 36.1 Å². The molecule has 1 amide bonds. The van der Waals surface area contributed by atoms with E-state index < -0.39 is 0 Å². The molecule has 0 aliphatic heterocycles. The van der Waals surface area contributed by atoms with E-state index in [-0.39, 0.29) is 11.7 Å². The van der Waals surface area contributed by atoms with Crippen LogP contribution in [0.25, 0.3) is 0 Å². The SMILES string of the molecule is COc1ccccc1CCNC(=O)c1cnc(NCCc2ccccc2F)nc1. The topological polar surface area (TPSA) is 76.1 Å². The van der Waals surface area contributed by atoms with Gasteiger partial charge < -0.3 is 15.4 Å². The van der Waals surface area contributed by atoms with Crippen LogP contribution in [0, 0.1) is 5.82 Å². The summed E-state index contributed by atoms with van der Waals surface area (Å²) in [5.41, 5.74) is 2.04. The van der Waals surface area contributed by atoms with Crippen LogP contribution in [-0.4, -0.2) is 36.1 Å². The summed E-state index contributed by atoms with van der Waals surface area (Å²) in [4.78, 5) is 20.6. The number of hydrogen-bond donors (Lipinski definition) is 2. The lowest BCUT2D eigenvalue weighted by atomic mass is 10.1. The van der Waals surface area contributed by atoms with Crippen molar-refractivity contribution in [1.82, 2.24) is 15.3 Å². The molecule has 3 rings (SSSR count). The minimum Gasteiger partial charge on any atom is -0.496 e. The Morgan fingerprint density at radius 3 is 2.34 bits per heavy atom. The molecule has 6 nitrogen and oxygen atoms in total. The molecule has 2 N–H and O–H groups in total. The fraction of sp³-hybridized carbons (Fsp3) is 0.227. The quantitative estimate of drug-likeness (QED) is 0.583. The molecule has 0 aliphatic rings. The van der Waals surface area contributed by atoms with Gasteiger partial charge in [0.25, 0.3) is 5.91 Å². The summed E-state index contributed by atoms with van der Waals surface area (Å²) < 4.78 is 18.9. The average molecular weight is 394 g/mol. The maximum Gasteiger partial charge on any atom is 0.254 e. The number of halogens is 1. The standard InChI is InChI=1S/C22H23FN4O2/c1-29-20-9-5-3-7-17(20)11-12-24-21(28)18-14-26-22(27-15-18)25-13-10-16-6-2-4-8-19(16)23/h2-9,14-15H,10-13H2,1H3,(H,24,28)(H,25,26,27). The van der Waals surface area contributed by atoms with Crippen molar-refractivity contribution in [3.8, 4) is 5.75 Å². The molecular weight excluding hydrogens is 371 g/mol. The van der Waals surface area contributed by atoms with Gasteiger partial charge in [-0.2, -0.15) is 0 Å². The van der Waals surface area contributed by atoms with Crippen molar-refractivity contribution >= 4 is 11.9 Å². The van der Waals surface area contributed by atoms with Crippen LogP contribution in [0.2, 0.25) is 0 Å². The molecule has 1 aromatic heterocycles. The molecule has 3 aromatic rings. The Labute approximate surface area is 169 Å². The molecule has 0 aliphatic carbocycles. The lowest BCUT2D eigenvalue weighted by Gasteiger charge is -2.09. The zero-order valence-electron chi connectivity index (χ0n) is 16.2. The van der Waals surface area contributed by atoms with E-state index in [0.717, 1.165) is 11.3 Å². The summed E-state index contributed by atoms with van der Waals surface area (Å²) in [5.74, 6) is 0.732. The molecule has 0 radical (unpaired) electrons. The Morgan fingerprint density at radius 1 is 0.966 bits per heavy atom. The second-order valence-electron chi connectivity index (χ2n) is 6.38. The van der Waals surface area contributed by atoms with E-state index in [1.54, 1.807) is 25.3 Å². The molecule has 0 unspecified atom stereocenters. The van der Waals surface area contributed by atoms with E-state index in [1.165, 1.54) is 18.5 Å². The molecule has 2 aromatic carbocycles. The molecule has 0 saturated carbocycles. The van der Waals surface area contributed by atoms with Gasteiger partial charge in [-0.25, -0.2) is 14.4 Å². The van der Waals surface area contributed by atoms with Gasteiger partial charge in [-0.15, -0.1) is 0 Å². The highest BCUT2D eigenvalue weighted by molar-refractivity contribution is 5.93. The molecule has 0 spiro atoms. The minimum absolute atomic E-state index is 0.227. The third-order valence-electron chi connectivity index (χ3n) is 4.42. The largest absolute Gasteiger partial charge is 0.496 e. The van der Waals surface area contributed by atoms with Crippen LogP contribution < -0.4 is 15.4 Å². The monoisotopic (exact) mass is 394 g/mol. The number of rotatable bonds is 9. The number of benzene rings is 2. The highest BCUT2D eigenvalue weighted by Crippen LogP contribution is 2.17. The fourth-order valence-corrected chi connectivity index (χ4v) is 2.87. The maximum absolute atomic E-state index is 13.6. The third-order valence-corrected chi connectivity index (χ3v) is 4.42. The highest BCUT2D eigenvalue weighted by Gasteiger charge is 2.08. The number of methoxy groups -OCH3 is 1. The van der Waals surface area contributed by atoms with Crippen molar-refractivity contribution in [3.05, 3.63) is 83.4 Å². The highest BCUT2D eigenvalue weighted by atomic mass is 19.1. The smallest absolute Gasteiger partial charge is 0.254 e. The molecule has 0 atom stereocenters. The Bertz CT molecular complexity index is 948. The summed E-state index contributed by atoms with van der Waals surface area (Å²) in [5, 5.41) is 5.88. The third kappa shape index (κ3) is 5.75. The van der Waals surface area contributed by atoms with E-state index in [2.05, 4.69) is 20.6 Å². The molecule has 0 saturated heterocycles. The summed E-state index contributed by atoms with van der Waals surface area (Å²) in [7, 11) is 1.63. The number of nitrogens with one attached hydrogen (secondary N) is 2. The summed E-state index contributed by atoms with van der Waals surface area (Å²) >= 11 is 0. The molecule has 7 heteroatoms. The second kappa shape index (κ2) is 10.2. The minimum atomic E-state index is -0.238. The van der Waals surface area contributed by atoms with Gasteiger partial charge in [0.05, 0.1) is 12.7 Å². The van der Waals surface area contributed by atoms with Crippen LogP contribution in [0.4, 0.5) is 10.3 Å². The molecule has 0 bridgehead atoms. The van der Waals surface area contributed by atoms with Crippen molar-refractivity contribution in [2.24, 2.45) is 0 Å². The van der Waals surface area contributed by atoms with Crippen molar-refractivity contribution in [2.75, 3.05) is 25.5 Å². The van der Waals surface area contributed by atoms with Crippen LogP contribution in [0.1, 0.15) is 21.5 Å². The first kappa shape index (κ1) is 20.3. The van der Waals surface area contributed by atoms with Crippen molar-refractivity contribution in [3.63, 3.8) is 0 Å². The van der Waals surface area contributed by atoms with Crippen LogP contribution in [0.3, 0.4) is 0 Å². The normalized spacial score (nSPS) is 10.4. The van der Waals surface area contributed by atoms with E-state index in [1.807, 2.05) is 24.3 Å². The van der Waals surface area contributed by atoms with Gasteiger partial charge in [0.15, 0.2) is 0 Å². The number of hydrogen-bond acceptors (Lipinski definition) is 5. The molecule has 1 heterocycles. The van der Waals surface area contributed by atoms with Crippen molar-refractivity contribution in [2.45, 2.75) is 12.8 Å². The number of amides is 1. The van der Waals surface area contributed by atoms with Gasteiger partial charge in [-0.3, -0.25) is 4.79 Å². The molecule has 29 heavy (non-hydrogen) atoms. The maximum atomic E-state index is 13.6. The Morgan fingerprint density at radius 2 is 1.62 bits per heavy atom. The first-order valence-electron chi connectivity index (χ1n) is 9.37. The molecule has 150 valence electrons. The number of carbonyl (C=O) groups excluding carboxylic acids is 1. The lowest BCUT2D eigenvalue weighted by molar-refractivity contribution is 0.0953. The lowest BCUT2D eigenvalue weighted by Crippen LogP contribution is -2.26. The summed E-state index contributed by atoms with van der Waals surface area (Å²) in [6.45, 7) is 0.966. The summed E-state index contributed by atoms with van der Waals surface area (Å²) in [6, 6.07) is 14.4. The van der Waals surface area contributed by atoms with Crippen LogP contribution in [-0.2, 0) is 12.8 Å². The Kier molecular flexibility index (Phi) is 7.10. The van der Waals surface area contributed by atoms with Gasteiger partial charge in [0.1, 0.15) is 11.6 Å². The number of carbonyl (C=O) groups is 1. The number of nitrogens with zero attached hydrogens (tertiary/aromatic N) is 2. The Balaban J connectivity index is 1.45.